The Hall–Kier alpha value is -3.15. The molecule has 0 unspecified atom stereocenters. The Morgan fingerprint density at radius 3 is 2.43 bits per heavy atom. The standard InChI is InChI=1S/C24H27N3O6S2/c1-14(2)21(27-35(29,30)18-9-10-19-20(13-18)33-12-11-32-19)23(28)26-24-25-22(15(3)34-24)16-5-7-17(31-4)8-6-16/h5-10,13-14,21,27H,11-12H2,1-4H3,(H,25,26,28)/t21-/m0/s1. The van der Waals surface area contributed by atoms with Gasteiger partial charge in [0.15, 0.2) is 16.6 Å². The zero-order chi connectivity index (χ0) is 25.2. The quantitative estimate of drug-likeness (QED) is 0.466. The topological polar surface area (TPSA) is 116 Å². The van der Waals surface area contributed by atoms with Gasteiger partial charge in [-0.2, -0.15) is 4.72 Å². The van der Waals surface area contributed by atoms with Crippen molar-refractivity contribution in [3.8, 4) is 28.5 Å². The number of hydrogen-bond acceptors (Lipinski definition) is 8. The predicted molar refractivity (Wildman–Crippen MR) is 134 cm³/mol. The Labute approximate surface area is 208 Å². The highest BCUT2D eigenvalue weighted by Gasteiger charge is 2.30. The largest absolute Gasteiger partial charge is 0.497 e. The van der Waals surface area contributed by atoms with Crippen molar-refractivity contribution < 1.29 is 27.4 Å². The lowest BCUT2D eigenvalue weighted by Gasteiger charge is -2.22. The van der Waals surface area contributed by atoms with Crippen LogP contribution in [0.25, 0.3) is 11.3 Å². The Kier molecular flexibility index (Phi) is 7.29. The van der Waals surface area contributed by atoms with E-state index < -0.39 is 22.0 Å². The monoisotopic (exact) mass is 517 g/mol. The molecule has 9 nitrogen and oxygen atoms in total. The normalized spacial score (nSPS) is 14.0. The maximum absolute atomic E-state index is 13.1. The van der Waals surface area contributed by atoms with Crippen LogP contribution in [0.1, 0.15) is 18.7 Å². The molecule has 11 heteroatoms. The first kappa shape index (κ1) is 25.0. The number of carbonyl (C=O) groups is 1. The second kappa shape index (κ2) is 10.2. The van der Waals surface area contributed by atoms with Crippen molar-refractivity contribution >= 4 is 32.4 Å². The molecule has 2 heterocycles. The van der Waals surface area contributed by atoms with Crippen molar-refractivity contribution in [3.63, 3.8) is 0 Å². The Balaban J connectivity index is 1.51. The van der Waals surface area contributed by atoms with E-state index >= 15 is 0 Å². The van der Waals surface area contributed by atoms with Gasteiger partial charge in [0.05, 0.1) is 17.7 Å². The number of amides is 1. The van der Waals surface area contributed by atoms with Gasteiger partial charge in [-0.15, -0.1) is 11.3 Å². The van der Waals surface area contributed by atoms with Crippen LogP contribution in [0.15, 0.2) is 47.4 Å². The van der Waals surface area contributed by atoms with Crippen molar-refractivity contribution in [2.24, 2.45) is 5.92 Å². The molecular formula is C24H27N3O6S2. The van der Waals surface area contributed by atoms with Crippen molar-refractivity contribution in [2.45, 2.75) is 31.7 Å². The number of methoxy groups -OCH3 is 1. The number of hydrogen-bond donors (Lipinski definition) is 2. The number of fused-ring (bicyclic) bond motifs is 1. The number of aryl methyl sites for hydroxylation is 1. The molecule has 1 aromatic heterocycles. The number of anilines is 1. The summed E-state index contributed by atoms with van der Waals surface area (Å²) < 4.78 is 44.8. The molecule has 186 valence electrons. The van der Waals surface area contributed by atoms with Crippen LogP contribution in [0, 0.1) is 12.8 Å². The van der Waals surface area contributed by atoms with E-state index in [1.165, 1.54) is 23.5 Å². The van der Waals surface area contributed by atoms with Crippen molar-refractivity contribution in [1.82, 2.24) is 9.71 Å². The number of sulfonamides is 1. The summed E-state index contributed by atoms with van der Waals surface area (Å²) >= 11 is 1.32. The van der Waals surface area contributed by atoms with Crippen LogP contribution < -0.4 is 24.2 Å². The number of benzene rings is 2. The third-order valence-electron chi connectivity index (χ3n) is 5.45. The summed E-state index contributed by atoms with van der Waals surface area (Å²) in [5.74, 6) is 0.773. The minimum absolute atomic E-state index is 0.00733. The number of ether oxygens (including phenoxy) is 3. The Bertz CT molecular complexity index is 1320. The summed E-state index contributed by atoms with van der Waals surface area (Å²) in [5.41, 5.74) is 1.63. The third-order valence-corrected chi connectivity index (χ3v) is 7.77. The summed E-state index contributed by atoms with van der Waals surface area (Å²) in [4.78, 5) is 18.6. The van der Waals surface area contributed by atoms with E-state index in [2.05, 4.69) is 15.0 Å². The van der Waals surface area contributed by atoms with Gasteiger partial charge in [-0.1, -0.05) is 13.8 Å². The number of nitrogens with one attached hydrogen (secondary N) is 2. The maximum Gasteiger partial charge on any atom is 0.244 e. The summed E-state index contributed by atoms with van der Waals surface area (Å²) in [6.45, 7) is 6.20. The fraction of sp³-hybridized carbons (Fsp3) is 0.333. The van der Waals surface area contributed by atoms with E-state index in [9.17, 15) is 13.2 Å². The molecular weight excluding hydrogens is 490 g/mol. The van der Waals surface area contributed by atoms with Crippen LogP contribution in [0.5, 0.6) is 17.2 Å². The molecule has 0 aliphatic carbocycles. The molecule has 0 radical (unpaired) electrons. The van der Waals surface area contributed by atoms with Gasteiger partial charge >= 0.3 is 0 Å². The molecule has 4 rings (SSSR count). The summed E-state index contributed by atoms with van der Waals surface area (Å²) in [5, 5.41) is 3.16. The molecule has 0 fully saturated rings. The van der Waals surface area contributed by atoms with Gasteiger partial charge in [-0.25, -0.2) is 13.4 Å². The molecule has 0 saturated heterocycles. The van der Waals surface area contributed by atoms with Gasteiger partial charge in [0.1, 0.15) is 25.0 Å². The number of rotatable bonds is 8. The summed E-state index contributed by atoms with van der Waals surface area (Å²) in [6, 6.07) is 10.8. The highest BCUT2D eigenvalue weighted by Crippen LogP contribution is 2.33. The second-order valence-corrected chi connectivity index (χ2v) is 11.2. The lowest BCUT2D eigenvalue weighted by atomic mass is 10.1. The lowest BCUT2D eigenvalue weighted by Crippen LogP contribution is -2.47. The zero-order valence-corrected chi connectivity index (χ0v) is 21.5. The number of nitrogens with zero attached hydrogens (tertiary/aromatic N) is 1. The van der Waals surface area contributed by atoms with Gasteiger partial charge in [0.25, 0.3) is 0 Å². The van der Waals surface area contributed by atoms with E-state index in [1.54, 1.807) is 27.0 Å². The molecule has 0 bridgehead atoms. The SMILES string of the molecule is COc1ccc(-c2nc(NC(=O)[C@@H](NS(=O)(=O)c3ccc4c(c3)OCCO4)C(C)C)sc2C)cc1. The molecule has 1 aliphatic heterocycles. The van der Waals surface area contributed by atoms with Gasteiger partial charge in [-0.3, -0.25) is 4.79 Å². The van der Waals surface area contributed by atoms with Gasteiger partial charge in [0.2, 0.25) is 15.9 Å². The molecule has 2 aromatic carbocycles. The van der Waals surface area contributed by atoms with E-state index in [0.29, 0.717) is 29.8 Å². The molecule has 1 amide bonds. The van der Waals surface area contributed by atoms with Crippen LogP contribution >= 0.6 is 11.3 Å². The lowest BCUT2D eigenvalue weighted by molar-refractivity contribution is -0.118. The predicted octanol–water partition coefficient (Wildman–Crippen LogP) is 3.84. The van der Waals surface area contributed by atoms with Crippen LogP contribution in [0.3, 0.4) is 0 Å². The van der Waals surface area contributed by atoms with Crippen LogP contribution in [0.2, 0.25) is 0 Å². The third kappa shape index (κ3) is 5.58. The second-order valence-electron chi connectivity index (χ2n) is 8.29. The Morgan fingerprint density at radius 2 is 1.77 bits per heavy atom. The van der Waals surface area contributed by atoms with E-state index in [-0.39, 0.29) is 10.8 Å². The highest BCUT2D eigenvalue weighted by molar-refractivity contribution is 7.89. The summed E-state index contributed by atoms with van der Waals surface area (Å²) in [6.07, 6.45) is 0. The minimum Gasteiger partial charge on any atom is -0.497 e. The molecule has 2 N–H and O–H groups in total. The number of aromatic nitrogens is 1. The van der Waals surface area contributed by atoms with Crippen LogP contribution in [-0.2, 0) is 14.8 Å². The van der Waals surface area contributed by atoms with Crippen molar-refractivity contribution in [1.29, 1.82) is 0 Å². The average Bonchev–Trinajstić information content (AvgIpc) is 3.21. The first-order valence-corrected chi connectivity index (χ1v) is 13.3. The van der Waals surface area contributed by atoms with Crippen molar-refractivity contribution in [3.05, 3.63) is 47.3 Å². The van der Waals surface area contributed by atoms with Crippen LogP contribution in [0.4, 0.5) is 5.13 Å². The first-order valence-electron chi connectivity index (χ1n) is 11.0. The Morgan fingerprint density at radius 1 is 1.09 bits per heavy atom. The van der Waals surface area contributed by atoms with Gasteiger partial charge < -0.3 is 19.5 Å². The highest BCUT2D eigenvalue weighted by atomic mass is 32.2. The van der Waals surface area contributed by atoms with Crippen LogP contribution in [-0.4, -0.2) is 45.7 Å². The molecule has 35 heavy (non-hydrogen) atoms. The fourth-order valence-corrected chi connectivity index (χ4v) is 5.77. The molecule has 3 aromatic rings. The van der Waals surface area contributed by atoms with Gasteiger partial charge in [-0.05, 0) is 49.2 Å². The maximum atomic E-state index is 13.1. The van der Waals surface area contributed by atoms with E-state index in [4.69, 9.17) is 14.2 Å². The zero-order valence-electron chi connectivity index (χ0n) is 19.8. The number of thiazole rings is 1. The minimum atomic E-state index is -4.00. The average molecular weight is 518 g/mol. The summed E-state index contributed by atoms with van der Waals surface area (Å²) in [7, 11) is -2.40. The van der Waals surface area contributed by atoms with Crippen molar-refractivity contribution in [2.75, 3.05) is 25.6 Å². The molecule has 0 saturated carbocycles. The van der Waals surface area contributed by atoms with Gasteiger partial charge in [0, 0.05) is 16.5 Å². The van der Waals surface area contributed by atoms with E-state index in [0.717, 1.165) is 21.9 Å². The smallest absolute Gasteiger partial charge is 0.244 e. The molecule has 1 atom stereocenters. The van der Waals surface area contributed by atoms with E-state index in [1.807, 2.05) is 31.2 Å². The first-order chi connectivity index (χ1) is 16.7. The molecule has 1 aliphatic rings. The molecule has 0 spiro atoms. The fourth-order valence-electron chi connectivity index (χ4n) is 3.57. The number of carbonyl (C=O) groups excluding carboxylic acids is 1.